The van der Waals surface area contributed by atoms with E-state index in [0.717, 1.165) is 55.9 Å². The van der Waals surface area contributed by atoms with E-state index in [9.17, 15) is 5.11 Å². The highest BCUT2D eigenvalue weighted by Crippen LogP contribution is 2.33. The maximum Gasteiger partial charge on any atom is 0.231 e. The summed E-state index contributed by atoms with van der Waals surface area (Å²) in [6, 6.07) is 13.8. The van der Waals surface area contributed by atoms with Gasteiger partial charge in [0.05, 0.1) is 6.04 Å². The van der Waals surface area contributed by atoms with Crippen molar-refractivity contribution < 1.29 is 14.6 Å². The van der Waals surface area contributed by atoms with Crippen molar-refractivity contribution >= 4 is 11.6 Å². The summed E-state index contributed by atoms with van der Waals surface area (Å²) in [5.74, 6) is 2.92. The lowest BCUT2D eigenvalue weighted by Gasteiger charge is -2.37. The molecule has 0 amide bonds. The number of guanidine groups is 1. The average Bonchev–Trinajstić information content (AvgIpc) is 3.47. The molecule has 2 fully saturated rings. The molecular formula is C24H30N4O3. The van der Waals surface area contributed by atoms with Crippen molar-refractivity contribution in [2.45, 2.75) is 38.3 Å². The van der Waals surface area contributed by atoms with Crippen LogP contribution in [-0.4, -0.2) is 59.9 Å². The summed E-state index contributed by atoms with van der Waals surface area (Å²) in [6.07, 6.45) is 4.88. The number of fused-ring (bicyclic) bond motifs is 1. The molecule has 2 heterocycles. The Hall–Kier alpha value is -2.93. The molecule has 164 valence electrons. The molecule has 2 aromatic rings. The van der Waals surface area contributed by atoms with Gasteiger partial charge in [0.1, 0.15) is 5.75 Å². The fourth-order valence-corrected chi connectivity index (χ4v) is 4.49. The molecule has 7 nitrogen and oxygen atoms in total. The minimum Gasteiger partial charge on any atom is -0.508 e. The Morgan fingerprint density at radius 2 is 1.71 bits per heavy atom. The molecule has 2 aliphatic heterocycles. The van der Waals surface area contributed by atoms with Crippen LogP contribution in [0.5, 0.6) is 17.2 Å². The van der Waals surface area contributed by atoms with Gasteiger partial charge < -0.3 is 24.8 Å². The van der Waals surface area contributed by atoms with Gasteiger partial charge in [-0.2, -0.15) is 0 Å². The molecule has 2 aromatic carbocycles. The van der Waals surface area contributed by atoms with Crippen LogP contribution < -0.4 is 14.8 Å². The molecule has 0 spiro atoms. The average molecular weight is 423 g/mol. The van der Waals surface area contributed by atoms with Crippen molar-refractivity contribution in [2.75, 3.05) is 38.3 Å². The molecule has 0 aromatic heterocycles. The largest absolute Gasteiger partial charge is 0.508 e. The third-order valence-electron chi connectivity index (χ3n) is 6.27. The van der Waals surface area contributed by atoms with E-state index in [1.165, 1.54) is 31.2 Å². The first-order valence-corrected chi connectivity index (χ1v) is 11.2. The summed E-state index contributed by atoms with van der Waals surface area (Å²) in [6.45, 7) is 5.05. The number of hydrogen-bond acceptors (Lipinski definition) is 5. The molecule has 5 rings (SSSR count). The summed E-state index contributed by atoms with van der Waals surface area (Å²) in [7, 11) is 0. The molecule has 0 unspecified atom stereocenters. The van der Waals surface area contributed by atoms with E-state index >= 15 is 0 Å². The minimum atomic E-state index is 0.275. The van der Waals surface area contributed by atoms with Crippen molar-refractivity contribution in [2.24, 2.45) is 4.99 Å². The highest BCUT2D eigenvalue weighted by Gasteiger charge is 2.23. The second-order valence-electron chi connectivity index (χ2n) is 8.51. The Morgan fingerprint density at radius 3 is 2.48 bits per heavy atom. The number of aliphatic imine (C=N–C) groups is 1. The lowest BCUT2D eigenvalue weighted by Crippen LogP contribution is -2.50. The molecular weight excluding hydrogens is 392 g/mol. The zero-order valence-corrected chi connectivity index (χ0v) is 17.8. The summed E-state index contributed by atoms with van der Waals surface area (Å²) >= 11 is 0. The Kier molecular flexibility index (Phi) is 5.84. The monoisotopic (exact) mass is 422 g/mol. The molecule has 7 heteroatoms. The van der Waals surface area contributed by atoms with Gasteiger partial charge in [-0.15, -0.1) is 0 Å². The molecule has 2 N–H and O–H groups in total. The number of piperazine rings is 1. The quantitative estimate of drug-likeness (QED) is 0.445. The highest BCUT2D eigenvalue weighted by molar-refractivity contribution is 5.94. The number of hydrogen-bond donors (Lipinski definition) is 2. The predicted octanol–water partition coefficient (Wildman–Crippen LogP) is 3.65. The Bertz CT molecular complexity index is 917. The smallest absolute Gasteiger partial charge is 0.231 e. The molecule has 1 saturated heterocycles. The summed E-state index contributed by atoms with van der Waals surface area (Å²) in [5.41, 5.74) is 2.21. The highest BCUT2D eigenvalue weighted by atomic mass is 16.7. The molecule has 0 radical (unpaired) electrons. The second-order valence-corrected chi connectivity index (χ2v) is 8.51. The first-order chi connectivity index (χ1) is 15.2. The number of nitrogens with zero attached hydrogens (tertiary/aromatic N) is 3. The summed E-state index contributed by atoms with van der Waals surface area (Å²) < 4.78 is 10.9. The predicted molar refractivity (Wildman–Crippen MR) is 121 cm³/mol. The van der Waals surface area contributed by atoms with Crippen molar-refractivity contribution in [1.29, 1.82) is 0 Å². The molecule has 1 saturated carbocycles. The number of benzene rings is 2. The lowest BCUT2D eigenvalue weighted by molar-refractivity contribution is 0.172. The van der Waals surface area contributed by atoms with Gasteiger partial charge in [0, 0.05) is 38.4 Å². The van der Waals surface area contributed by atoms with Crippen molar-refractivity contribution in [3.63, 3.8) is 0 Å². The van der Waals surface area contributed by atoms with E-state index in [4.69, 9.17) is 14.5 Å². The van der Waals surface area contributed by atoms with Crippen LogP contribution in [0, 0.1) is 0 Å². The number of ether oxygens (including phenoxy) is 2. The zero-order chi connectivity index (χ0) is 21.0. The Morgan fingerprint density at radius 1 is 0.968 bits per heavy atom. The van der Waals surface area contributed by atoms with E-state index in [2.05, 4.69) is 27.2 Å². The van der Waals surface area contributed by atoms with E-state index < -0.39 is 0 Å². The van der Waals surface area contributed by atoms with Crippen LogP contribution in [0.25, 0.3) is 0 Å². The van der Waals surface area contributed by atoms with Gasteiger partial charge in [-0.3, -0.25) is 4.90 Å². The number of nitrogens with one attached hydrogen (secondary N) is 1. The number of aromatic hydroxyl groups is 1. The normalized spacial score (nSPS) is 19.7. The topological polar surface area (TPSA) is 69.6 Å². The van der Waals surface area contributed by atoms with Gasteiger partial charge in [0.15, 0.2) is 17.5 Å². The van der Waals surface area contributed by atoms with Gasteiger partial charge >= 0.3 is 0 Å². The van der Waals surface area contributed by atoms with Crippen LogP contribution in [-0.2, 0) is 6.54 Å². The van der Waals surface area contributed by atoms with Crippen LogP contribution in [0.1, 0.15) is 31.2 Å². The van der Waals surface area contributed by atoms with E-state index in [-0.39, 0.29) is 5.75 Å². The Balaban J connectivity index is 1.23. The SMILES string of the molecule is Oc1ccc(NC(=NC2CCCC2)N2CCN(Cc3ccc4c(c3)OCO4)CC2)cc1. The number of rotatable bonds is 4. The third kappa shape index (κ3) is 4.88. The maximum absolute atomic E-state index is 9.58. The fourth-order valence-electron chi connectivity index (χ4n) is 4.49. The zero-order valence-electron chi connectivity index (χ0n) is 17.8. The van der Waals surface area contributed by atoms with Crippen LogP contribution in [0.2, 0.25) is 0 Å². The van der Waals surface area contributed by atoms with Gasteiger partial charge in [0.25, 0.3) is 0 Å². The second kappa shape index (κ2) is 9.06. The first-order valence-electron chi connectivity index (χ1n) is 11.2. The number of anilines is 1. The number of phenols is 1. The molecule has 3 aliphatic rings. The van der Waals surface area contributed by atoms with Crippen molar-refractivity contribution in [1.82, 2.24) is 9.80 Å². The summed E-state index contributed by atoms with van der Waals surface area (Å²) in [4.78, 5) is 9.92. The number of phenolic OH excluding ortho intramolecular Hbond substituents is 1. The molecule has 0 atom stereocenters. The molecule has 0 bridgehead atoms. The summed E-state index contributed by atoms with van der Waals surface area (Å²) in [5, 5.41) is 13.1. The van der Waals surface area contributed by atoms with Crippen LogP contribution in [0.15, 0.2) is 47.5 Å². The standard InChI is InChI=1S/C24H30N4O3/c29-21-8-6-20(7-9-21)26-24(25-19-3-1-2-4-19)28-13-11-27(12-14-28)16-18-5-10-22-23(15-18)31-17-30-22/h5-10,15,19,29H,1-4,11-14,16-17H2,(H,25,26). The van der Waals surface area contributed by atoms with Crippen LogP contribution >= 0.6 is 0 Å². The van der Waals surface area contributed by atoms with E-state index in [1.807, 2.05) is 18.2 Å². The van der Waals surface area contributed by atoms with Gasteiger partial charge in [-0.05, 0) is 54.8 Å². The van der Waals surface area contributed by atoms with Gasteiger partial charge in [-0.1, -0.05) is 18.9 Å². The molecule has 31 heavy (non-hydrogen) atoms. The Labute approximate surface area is 183 Å². The van der Waals surface area contributed by atoms with Crippen molar-refractivity contribution in [3.8, 4) is 17.2 Å². The van der Waals surface area contributed by atoms with Gasteiger partial charge in [-0.25, -0.2) is 4.99 Å². The van der Waals surface area contributed by atoms with Gasteiger partial charge in [0.2, 0.25) is 6.79 Å². The maximum atomic E-state index is 9.58. The minimum absolute atomic E-state index is 0.275. The lowest BCUT2D eigenvalue weighted by atomic mass is 10.1. The van der Waals surface area contributed by atoms with Crippen LogP contribution in [0.4, 0.5) is 5.69 Å². The fraction of sp³-hybridized carbons (Fsp3) is 0.458. The van der Waals surface area contributed by atoms with Crippen LogP contribution in [0.3, 0.4) is 0 Å². The first kappa shape index (κ1) is 20.0. The van der Waals surface area contributed by atoms with Crippen molar-refractivity contribution in [3.05, 3.63) is 48.0 Å². The molecule has 1 aliphatic carbocycles. The van der Waals surface area contributed by atoms with E-state index in [0.29, 0.717) is 12.8 Å². The third-order valence-corrected chi connectivity index (χ3v) is 6.27. The van der Waals surface area contributed by atoms with E-state index in [1.54, 1.807) is 12.1 Å².